The van der Waals surface area contributed by atoms with Crippen LogP contribution >= 0.6 is 7.82 Å². The molecule has 0 aliphatic rings. The van der Waals surface area contributed by atoms with Crippen LogP contribution in [0, 0.1) is 0 Å². The van der Waals surface area contributed by atoms with Crippen LogP contribution in [0.4, 0.5) is 0 Å². The zero-order valence-corrected chi connectivity index (χ0v) is 50.4. The number of carbonyl (C=O) groups excluding carboxylic acids is 3. The van der Waals surface area contributed by atoms with Gasteiger partial charge in [-0.15, -0.1) is 0 Å². The minimum atomic E-state index is -4.75. The fraction of sp³-hybridized carbons (Fsp3) is 0.859. The molecule has 0 amide bonds. The van der Waals surface area contributed by atoms with Crippen molar-refractivity contribution in [3.8, 4) is 0 Å². The molecule has 0 fully saturated rings. The van der Waals surface area contributed by atoms with E-state index in [4.69, 9.17) is 23.3 Å². The molecule has 0 aliphatic heterocycles. The maximum absolute atomic E-state index is 13.0. The number of hydrogen-bond acceptors (Lipinski definition) is 10. The van der Waals surface area contributed by atoms with Gasteiger partial charge in [-0.1, -0.05) is 263 Å². The summed E-state index contributed by atoms with van der Waals surface area (Å²) in [4.78, 5) is 48.7. The van der Waals surface area contributed by atoms with Crippen LogP contribution < -0.4 is 0 Å². The molecule has 0 heterocycles. The lowest BCUT2D eigenvalue weighted by molar-refractivity contribution is -0.161. The zero-order valence-electron chi connectivity index (χ0n) is 49.5. The average molecular weight is 1100 g/mol. The van der Waals surface area contributed by atoms with E-state index in [0.29, 0.717) is 19.3 Å². The van der Waals surface area contributed by atoms with Crippen molar-refractivity contribution in [2.75, 3.05) is 26.4 Å². The fourth-order valence-corrected chi connectivity index (χ4v) is 9.94. The van der Waals surface area contributed by atoms with Gasteiger partial charge in [0.1, 0.15) is 12.7 Å². The van der Waals surface area contributed by atoms with Crippen LogP contribution in [0.25, 0.3) is 0 Å². The molecule has 0 rings (SSSR count). The topological polar surface area (TPSA) is 155 Å². The van der Waals surface area contributed by atoms with Crippen molar-refractivity contribution in [1.29, 1.82) is 0 Å². The van der Waals surface area contributed by atoms with Gasteiger partial charge in [-0.25, -0.2) is 4.57 Å². The summed E-state index contributed by atoms with van der Waals surface area (Å²) in [5.41, 5.74) is 0. The Balaban J connectivity index is 4.68. The van der Waals surface area contributed by atoms with Gasteiger partial charge in [0.25, 0.3) is 0 Å². The van der Waals surface area contributed by atoms with E-state index in [1.54, 1.807) is 0 Å². The summed E-state index contributed by atoms with van der Waals surface area (Å²) >= 11 is 0. The molecule has 2 N–H and O–H groups in total. The lowest BCUT2D eigenvalue weighted by Crippen LogP contribution is -2.30. The average Bonchev–Trinajstić information content (AvgIpc) is 3.41. The van der Waals surface area contributed by atoms with Gasteiger partial charge in [-0.05, 0) is 70.6 Å². The van der Waals surface area contributed by atoms with Gasteiger partial charge in [0, 0.05) is 19.3 Å². The normalized spacial score (nSPS) is 13.5. The lowest BCUT2D eigenvalue weighted by Gasteiger charge is -2.21. The molecule has 0 radical (unpaired) electrons. The SMILES string of the molecule is CCC/C=C\C/C=C\CCCCCCCC(=O)OC(CO)COP(=O)(O)OCC(COC(=O)CCCCCCCCC/C=C\CCCCCCCC)OC(=O)CCCCCCCCCCCCCCCCCCCCC. The van der Waals surface area contributed by atoms with Crippen molar-refractivity contribution < 1.29 is 52.2 Å². The minimum absolute atomic E-state index is 0.163. The highest BCUT2D eigenvalue weighted by Crippen LogP contribution is 2.43. The number of allylic oxidation sites excluding steroid dienone is 6. The van der Waals surface area contributed by atoms with Crippen molar-refractivity contribution in [2.45, 2.75) is 328 Å². The fourth-order valence-electron chi connectivity index (χ4n) is 9.16. The number of carbonyl (C=O) groups is 3. The van der Waals surface area contributed by atoms with E-state index in [-0.39, 0.29) is 25.9 Å². The molecule has 0 saturated heterocycles. The molecule has 0 spiro atoms. The van der Waals surface area contributed by atoms with Crippen molar-refractivity contribution in [3.63, 3.8) is 0 Å². The second-order valence-corrected chi connectivity index (χ2v) is 23.0. The van der Waals surface area contributed by atoms with Crippen LogP contribution in [0.15, 0.2) is 36.5 Å². The summed E-state index contributed by atoms with van der Waals surface area (Å²) in [7, 11) is -4.75. The molecule has 3 unspecified atom stereocenters. The number of phosphoric acid groups is 1. The molecule has 0 aromatic heterocycles. The van der Waals surface area contributed by atoms with Gasteiger partial charge in [0.05, 0.1) is 19.8 Å². The van der Waals surface area contributed by atoms with Crippen LogP contribution in [0.5, 0.6) is 0 Å². The van der Waals surface area contributed by atoms with Crippen LogP contribution in [0.3, 0.4) is 0 Å². The molecule has 76 heavy (non-hydrogen) atoms. The van der Waals surface area contributed by atoms with Crippen LogP contribution in [0.2, 0.25) is 0 Å². The third-order valence-corrected chi connectivity index (χ3v) is 15.0. The van der Waals surface area contributed by atoms with Gasteiger partial charge in [0.2, 0.25) is 0 Å². The quantitative estimate of drug-likeness (QED) is 0.0197. The third-order valence-electron chi connectivity index (χ3n) is 14.0. The predicted molar refractivity (Wildman–Crippen MR) is 316 cm³/mol. The Morgan fingerprint density at radius 2 is 0.671 bits per heavy atom. The summed E-state index contributed by atoms with van der Waals surface area (Å²) in [6, 6.07) is 0. The maximum Gasteiger partial charge on any atom is 0.472 e. The second-order valence-electron chi connectivity index (χ2n) is 21.6. The first-order valence-electron chi connectivity index (χ1n) is 31.9. The number of phosphoric ester groups is 1. The molecule has 3 atom stereocenters. The van der Waals surface area contributed by atoms with Crippen molar-refractivity contribution >= 4 is 25.7 Å². The molecular weight excluding hydrogens is 976 g/mol. The highest BCUT2D eigenvalue weighted by atomic mass is 31.2. The number of rotatable bonds is 60. The largest absolute Gasteiger partial charge is 0.472 e. The lowest BCUT2D eigenvalue weighted by atomic mass is 10.0. The maximum atomic E-state index is 13.0. The van der Waals surface area contributed by atoms with Crippen LogP contribution in [0.1, 0.15) is 316 Å². The smallest absolute Gasteiger partial charge is 0.462 e. The molecule has 0 aromatic rings. The van der Waals surface area contributed by atoms with Gasteiger partial charge in [-0.2, -0.15) is 0 Å². The molecular formula is C64H119O11P. The Labute approximate surface area is 467 Å². The molecule has 11 nitrogen and oxygen atoms in total. The number of esters is 3. The summed E-state index contributed by atoms with van der Waals surface area (Å²) < 4.78 is 39.6. The first-order valence-corrected chi connectivity index (χ1v) is 33.4. The van der Waals surface area contributed by atoms with Crippen molar-refractivity contribution in [1.82, 2.24) is 0 Å². The van der Waals surface area contributed by atoms with Crippen LogP contribution in [-0.2, 0) is 42.2 Å². The third kappa shape index (κ3) is 56.4. The molecule has 0 aromatic carbocycles. The molecule has 0 aliphatic carbocycles. The Kier molecular flexibility index (Phi) is 57.1. The Morgan fingerprint density at radius 1 is 0.368 bits per heavy atom. The van der Waals surface area contributed by atoms with E-state index in [1.165, 1.54) is 167 Å². The Bertz CT molecular complexity index is 1420. The first kappa shape index (κ1) is 73.7. The van der Waals surface area contributed by atoms with Crippen LogP contribution in [-0.4, -0.2) is 66.5 Å². The predicted octanol–water partition coefficient (Wildman–Crippen LogP) is 19.2. The molecule has 12 heteroatoms. The van der Waals surface area contributed by atoms with Gasteiger partial charge >= 0.3 is 25.7 Å². The van der Waals surface area contributed by atoms with Crippen molar-refractivity contribution in [3.05, 3.63) is 36.5 Å². The van der Waals surface area contributed by atoms with E-state index in [9.17, 15) is 28.9 Å². The van der Waals surface area contributed by atoms with Gasteiger partial charge in [-0.3, -0.25) is 23.4 Å². The summed E-state index contributed by atoms with van der Waals surface area (Å²) in [5, 5.41) is 9.83. The van der Waals surface area contributed by atoms with E-state index in [1.807, 2.05) is 0 Å². The molecule has 0 bridgehead atoms. The van der Waals surface area contributed by atoms with E-state index in [2.05, 4.69) is 57.2 Å². The second kappa shape index (κ2) is 58.8. The summed E-state index contributed by atoms with van der Waals surface area (Å²) in [5.74, 6) is -1.46. The number of unbranched alkanes of at least 4 members (excludes halogenated alkanes) is 37. The number of aliphatic hydroxyl groups is 1. The zero-order chi connectivity index (χ0) is 55.5. The van der Waals surface area contributed by atoms with Gasteiger partial charge < -0.3 is 24.2 Å². The number of ether oxygens (including phenoxy) is 3. The van der Waals surface area contributed by atoms with E-state index >= 15 is 0 Å². The highest BCUT2D eigenvalue weighted by Gasteiger charge is 2.28. The standard InChI is InChI=1S/C64H119O11P/c1-4-7-10-13-16-19-22-25-27-29-30-32-34-37-40-43-46-49-52-55-64(68)75-61(57-71-62(66)53-50-47-44-41-38-36-33-31-28-26-23-20-17-14-11-8-5-2)59-73-76(69,70)72-58-60(56-65)74-63(67)54-51-48-45-42-39-35-24-21-18-15-12-9-6-3/h12,15,21,24,26,28,60-61,65H,4-11,13-14,16-20,22-23,25,27,29-59H2,1-3H3,(H,69,70)/b15-12-,24-21-,28-26-. The number of aliphatic hydroxyl groups excluding tert-OH is 1. The number of hydrogen-bond donors (Lipinski definition) is 2. The summed E-state index contributed by atoms with van der Waals surface area (Å²) in [6.45, 7) is 4.62. The monoisotopic (exact) mass is 1090 g/mol. The summed E-state index contributed by atoms with van der Waals surface area (Å²) in [6.07, 6.45) is 62.4. The van der Waals surface area contributed by atoms with E-state index < -0.39 is 57.8 Å². The van der Waals surface area contributed by atoms with E-state index in [0.717, 1.165) is 89.9 Å². The Hall–Kier alpha value is -2.30. The highest BCUT2D eigenvalue weighted by molar-refractivity contribution is 7.47. The first-order chi connectivity index (χ1) is 37.2. The Morgan fingerprint density at radius 3 is 1.04 bits per heavy atom. The molecule has 0 saturated carbocycles. The minimum Gasteiger partial charge on any atom is -0.462 e. The van der Waals surface area contributed by atoms with Gasteiger partial charge in [0.15, 0.2) is 6.10 Å². The van der Waals surface area contributed by atoms with Crippen molar-refractivity contribution in [2.24, 2.45) is 0 Å². The molecule has 446 valence electrons.